The molecule has 3 rings (SSSR count). The standard InChI is InChI=1S/C16H19N3O2S/c1-11-10-22-16(18-11)13-9-19(7-8-21-13)14(15(17)20)12-5-3-2-4-6-12/h2-6,10,13-14H,7-9H2,1H3,(H2,17,20)/t13-,14+/m0/s1. The summed E-state index contributed by atoms with van der Waals surface area (Å²) >= 11 is 1.60. The molecular formula is C16H19N3O2S. The highest BCUT2D eigenvalue weighted by atomic mass is 32.1. The average molecular weight is 317 g/mol. The summed E-state index contributed by atoms with van der Waals surface area (Å²) in [5.41, 5.74) is 7.57. The van der Waals surface area contributed by atoms with Crippen LogP contribution in [0.4, 0.5) is 0 Å². The first-order chi connectivity index (χ1) is 10.6. The van der Waals surface area contributed by atoms with Gasteiger partial charge in [-0.3, -0.25) is 9.69 Å². The maximum Gasteiger partial charge on any atom is 0.239 e. The zero-order valence-electron chi connectivity index (χ0n) is 12.4. The largest absolute Gasteiger partial charge is 0.368 e. The second-order valence-corrected chi connectivity index (χ2v) is 6.29. The van der Waals surface area contributed by atoms with E-state index in [1.165, 1.54) is 0 Å². The number of nitrogens with two attached hydrogens (primary N) is 1. The van der Waals surface area contributed by atoms with Crippen molar-refractivity contribution in [3.8, 4) is 0 Å². The number of carbonyl (C=O) groups excluding carboxylic acids is 1. The summed E-state index contributed by atoms with van der Waals surface area (Å²) in [6, 6.07) is 9.23. The molecule has 2 aromatic rings. The van der Waals surface area contributed by atoms with Crippen molar-refractivity contribution in [3.63, 3.8) is 0 Å². The Hall–Kier alpha value is -1.76. The van der Waals surface area contributed by atoms with Gasteiger partial charge in [0.2, 0.25) is 5.91 Å². The normalized spacial score (nSPS) is 20.7. The van der Waals surface area contributed by atoms with E-state index >= 15 is 0 Å². The summed E-state index contributed by atoms with van der Waals surface area (Å²) in [5.74, 6) is -0.331. The quantitative estimate of drug-likeness (QED) is 0.937. The van der Waals surface area contributed by atoms with Gasteiger partial charge in [-0.2, -0.15) is 0 Å². The summed E-state index contributed by atoms with van der Waals surface area (Å²) in [7, 11) is 0. The molecule has 1 amide bonds. The van der Waals surface area contributed by atoms with E-state index in [0.717, 1.165) is 16.3 Å². The number of thiazole rings is 1. The van der Waals surface area contributed by atoms with E-state index in [9.17, 15) is 4.79 Å². The molecule has 1 aliphatic heterocycles. The van der Waals surface area contributed by atoms with Crippen molar-refractivity contribution in [2.75, 3.05) is 19.7 Å². The predicted molar refractivity (Wildman–Crippen MR) is 85.5 cm³/mol. The second kappa shape index (κ2) is 6.56. The molecule has 1 aromatic heterocycles. The Kier molecular flexibility index (Phi) is 4.52. The van der Waals surface area contributed by atoms with Gasteiger partial charge in [-0.1, -0.05) is 30.3 Å². The SMILES string of the molecule is Cc1csc([C@@H]2CN([C@@H](C(N)=O)c3ccccc3)CCO2)n1. The van der Waals surface area contributed by atoms with Gasteiger partial charge in [-0.05, 0) is 12.5 Å². The van der Waals surface area contributed by atoms with Gasteiger partial charge in [-0.25, -0.2) is 4.98 Å². The van der Waals surface area contributed by atoms with Gasteiger partial charge < -0.3 is 10.5 Å². The van der Waals surface area contributed by atoms with E-state index < -0.39 is 6.04 Å². The van der Waals surface area contributed by atoms with E-state index in [2.05, 4.69) is 9.88 Å². The molecule has 2 heterocycles. The molecule has 5 nitrogen and oxygen atoms in total. The minimum atomic E-state index is -0.423. The van der Waals surface area contributed by atoms with Crippen LogP contribution in [0.1, 0.15) is 28.4 Å². The molecule has 0 saturated carbocycles. The Bertz CT molecular complexity index is 644. The van der Waals surface area contributed by atoms with Crippen molar-refractivity contribution in [3.05, 3.63) is 52.0 Å². The Morgan fingerprint density at radius 2 is 2.23 bits per heavy atom. The van der Waals surface area contributed by atoms with Gasteiger partial charge in [0.1, 0.15) is 17.2 Å². The van der Waals surface area contributed by atoms with Gasteiger partial charge in [0, 0.05) is 24.2 Å². The van der Waals surface area contributed by atoms with Crippen LogP contribution in [-0.4, -0.2) is 35.5 Å². The van der Waals surface area contributed by atoms with Crippen molar-refractivity contribution in [2.45, 2.75) is 19.1 Å². The van der Waals surface area contributed by atoms with Crippen molar-refractivity contribution < 1.29 is 9.53 Å². The third-order valence-electron chi connectivity index (χ3n) is 3.76. The average Bonchev–Trinajstić information content (AvgIpc) is 2.95. The lowest BCUT2D eigenvalue weighted by atomic mass is 10.0. The predicted octanol–water partition coefficient (Wildman–Crippen LogP) is 2.05. The zero-order chi connectivity index (χ0) is 15.5. The Labute approximate surface area is 133 Å². The minimum Gasteiger partial charge on any atom is -0.368 e. The van der Waals surface area contributed by atoms with Crippen molar-refractivity contribution in [2.24, 2.45) is 5.73 Å². The number of carbonyl (C=O) groups is 1. The van der Waals surface area contributed by atoms with Gasteiger partial charge >= 0.3 is 0 Å². The summed E-state index contributed by atoms with van der Waals surface area (Å²) in [4.78, 5) is 18.6. The van der Waals surface area contributed by atoms with Crippen LogP contribution in [0.2, 0.25) is 0 Å². The number of morpholine rings is 1. The van der Waals surface area contributed by atoms with E-state index in [1.807, 2.05) is 42.6 Å². The number of hydrogen-bond donors (Lipinski definition) is 1. The minimum absolute atomic E-state index is 0.0991. The smallest absolute Gasteiger partial charge is 0.239 e. The van der Waals surface area contributed by atoms with Crippen LogP contribution in [0.3, 0.4) is 0 Å². The molecule has 1 aliphatic rings. The number of aromatic nitrogens is 1. The van der Waals surface area contributed by atoms with Crippen LogP contribution in [0.5, 0.6) is 0 Å². The number of amides is 1. The third kappa shape index (κ3) is 3.19. The summed E-state index contributed by atoms with van der Waals surface area (Å²) in [5, 5.41) is 2.97. The highest BCUT2D eigenvalue weighted by Crippen LogP contribution is 2.30. The van der Waals surface area contributed by atoms with Crippen LogP contribution in [0.15, 0.2) is 35.7 Å². The lowest BCUT2D eigenvalue weighted by Gasteiger charge is -2.36. The topological polar surface area (TPSA) is 68.5 Å². The Morgan fingerprint density at radius 1 is 1.45 bits per heavy atom. The maximum atomic E-state index is 12.0. The Morgan fingerprint density at radius 3 is 2.86 bits per heavy atom. The highest BCUT2D eigenvalue weighted by Gasteiger charge is 2.32. The lowest BCUT2D eigenvalue weighted by Crippen LogP contribution is -2.45. The summed E-state index contributed by atoms with van der Waals surface area (Å²) in [6.45, 7) is 3.84. The van der Waals surface area contributed by atoms with Crippen LogP contribution in [-0.2, 0) is 9.53 Å². The molecule has 22 heavy (non-hydrogen) atoms. The van der Waals surface area contributed by atoms with Gasteiger partial charge in [0.25, 0.3) is 0 Å². The van der Waals surface area contributed by atoms with E-state index in [-0.39, 0.29) is 12.0 Å². The number of nitrogens with zero attached hydrogens (tertiary/aromatic N) is 2. The summed E-state index contributed by atoms with van der Waals surface area (Å²) in [6.07, 6.45) is -0.0991. The molecule has 2 atom stereocenters. The van der Waals surface area contributed by atoms with Crippen LogP contribution < -0.4 is 5.73 Å². The van der Waals surface area contributed by atoms with Gasteiger partial charge in [-0.15, -0.1) is 11.3 Å². The summed E-state index contributed by atoms with van der Waals surface area (Å²) < 4.78 is 5.83. The molecule has 2 N–H and O–H groups in total. The van der Waals surface area contributed by atoms with Gasteiger partial charge in [0.05, 0.1) is 6.61 Å². The molecule has 6 heteroatoms. The molecule has 0 spiro atoms. The van der Waals surface area contributed by atoms with E-state index in [4.69, 9.17) is 10.5 Å². The molecule has 116 valence electrons. The fourth-order valence-electron chi connectivity index (χ4n) is 2.76. The number of aryl methyl sites for hydroxylation is 1. The zero-order valence-corrected chi connectivity index (χ0v) is 13.3. The van der Waals surface area contributed by atoms with Crippen LogP contribution in [0, 0.1) is 6.92 Å². The molecule has 0 aliphatic carbocycles. The monoisotopic (exact) mass is 317 g/mol. The second-order valence-electron chi connectivity index (χ2n) is 5.40. The first-order valence-electron chi connectivity index (χ1n) is 7.27. The van der Waals surface area contributed by atoms with Crippen LogP contribution in [0.25, 0.3) is 0 Å². The molecule has 1 saturated heterocycles. The fourth-order valence-corrected chi connectivity index (χ4v) is 3.60. The Balaban J connectivity index is 1.81. The lowest BCUT2D eigenvalue weighted by molar-refractivity contribution is -0.127. The first kappa shape index (κ1) is 15.1. The first-order valence-corrected chi connectivity index (χ1v) is 8.15. The molecule has 1 aromatic carbocycles. The molecule has 0 unspecified atom stereocenters. The van der Waals surface area contributed by atoms with Crippen molar-refractivity contribution in [1.29, 1.82) is 0 Å². The number of hydrogen-bond acceptors (Lipinski definition) is 5. The number of rotatable bonds is 4. The molecular weight excluding hydrogens is 298 g/mol. The third-order valence-corrected chi connectivity index (χ3v) is 4.81. The maximum absolute atomic E-state index is 12.0. The number of ether oxygens (including phenoxy) is 1. The molecule has 1 fully saturated rings. The van der Waals surface area contributed by atoms with Crippen LogP contribution >= 0.6 is 11.3 Å². The van der Waals surface area contributed by atoms with Gasteiger partial charge in [0.15, 0.2) is 0 Å². The molecule has 0 bridgehead atoms. The number of benzene rings is 1. The fraction of sp³-hybridized carbons (Fsp3) is 0.375. The van der Waals surface area contributed by atoms with Crippen molar-refractivity contribution >= 4 is 17.2 Å². The van der Waals surface area contributed by atoms with Crippen molar-refractivity contribution in [1.82, 2.24) is 9.88 Å². The van der Waals surface area contributed by atoms with E-state index in [1.54, 1.807) is 11.3 Å². The number of primary amides is 1. The van der Waals surface area contributed by atoms with E-state index in [0.29, 0.717) is 19.7 Å². The highest BCUT2D eigenvalue weighted by molar-refractivity contribution is 7.09. The molecule has 0 radical (unpaired) electrons.